The third kappa shape index (κ3) is 6.23. The van der Waals surface area contributed by atoms with Gasteiger partial charge in [-0.1, -0.05) is 30.3 Å². The van der Waals surface area contributed by atoms with E-state index in [1.165, 1.54) is 33.2 Å². The number of halogens is 1. The summed E-state index contributed by atoms with van der Waals surface area (Å²) < 4.78 is 45.3. The number of nitrogens with zero attached hydrogens (tertiary/aromatic N) is 3. The van der Waals surface area contributed by atoms with Crippen molar-refractivity contribution in [3.8, 4) is 5.75 Å². The molecule has 0 radical (unpaired) electrons. The number of rotatable bonds is 8. The molecule has 32 heavy (non-hydrogen) atoms. The Labute approximate surface area is 191 Å². The van der Waals surface area contributed by atoms with Crippen molar-refractivity contribution >= 4 is 27.4 Å². The average molecular weight is 474 g/mol. The highest BCUT2D eigenvalue weighted by Crippen LogP contribution is 2.18. The van der Waals surface area contributed by atoms with Gasteiger partial charge in [0.15, 0.2) is 0 Å². The fourth-order valence-corrected chi connectivity index (χ4v) is 5.22. The van der Waals surface area contributed by atoms with Gasteiger partial charge in [-0.15, -0.1) is 11.3 Å². The van der Waals surface area contributed by atoms with E-state index in [0.717, 1.165) is 16.3 Å². The zero-order valence-electron chi connectivity index (χ0n) is 17.4. The predicted molar refractivity (Wildman–Crippen MR) is 124 cm³/mol. The molecule has 4 rings (SSSR count). The van der Waals surface area contributed by atoms with Crippen LogP contribution in [0.25, 0.3) is 6.08 Å². The fraction of sp³-hybridized carbons (Fsp3) is 0.261. The standard InChI is InChI=1S/C23H24FN3O3S2/c24-20-6-8-22(9-7-20)30-17-23-25-21(18-31-23)16-26-11-13-27(14-12-26)32(28,29)15-10-19-4-2-1-3-5-19/h1-10,15,18H,11-14,16-17H2. The monoisotopic (exact) mass is 473 g/mol. The Kier molecular flexibility index (Phi) is 7.31. The number of hydrogen-bond donors (Lipinski definition) is 0. The van der Waals surface area contributed by atoms with Crippen LogP contribution in [0.4, 0.5) is 4.39 Å². The van der Waals surface area contributed by atoms with Crippen LogP contribution in [0.1, 0.15) is 16.3 Å². The number of aromatic nitrogens is 1. The summed E-state index contributed by atoms with van der Waals surface area (Å²) in [6.07, 6.45) is 1.63. The summed E-state index contributed by atoms with van der Waals surface area (Å²) >= 11 is 1.52. The fourth-order valence-electron chi connectivity index (χ4n) is 3.35. The van der Waals surface area contributed by atoms with Crippen molar-refractivity contribution in [2.45, 2.75) is 13.2 Å². The molecule has 0 unspecified atom stereocenters. The molecule has 0 spiro atoms. The molecular formula is C23H24FN3O3S2. The van der Waals surface area contributed by atoms with Crippen molar-refractivity contribution in [2.75, 3.05) is 26.2 Å². The molecule has 2 heterocycles. The first-order chi connectivity index (χ1) is 15.5. The molecule has 1 saturated heterocycles. The minimum Gasteiger partial charge on any atom is -0.486 e. The molecule has 3 aromatic rings. The first kappa shape index (κ1) is 22.6. The van der Waals surface area contributed by atoms with Crippen LogP contribution in [0.3, 0.4) is 0 Å². The summed E-state index contributed by atoms with van der Waals surface area (Å²) in [6.45, 7) is 3.20. The predicted octanol–water partition coefficient (Wildman–Crippen LogP) is 3.98. The van der Waals surface area contributed by atoms with E-state index in [1.807, 2.05) is 35.7 Å². The van der Waals surface area contributed by atoms with Crippen LogP contribution >= 0.6 is 11.3 Å². The summed E-state index contributed by atoms with van der Waals surface area (Å²) in [7, 11) is -3.44. The molecule has 9 heteroatoms. The molecule has 1 aliphatic heterocycles. The van der Waals surface area contributed by atoms with Gasteiger partial charge in [0.25, 0.3) is 0 Å². The molecule has 0 amide bonds. The number of sulfonamides is 1. The van der Waals surface area contributed by atoms with Gasteiger partial charge < -0.3 is 4.74 Å². The van der Waals surface area contributed by atoms with Crippen LogP contribution in [-0.2, 0) is 23.2 Å². The number of piperazine rings is 1. The smallest absolute Gasteiger partial charge is 0.236 e. The minimum absolute atomic E-state index is 0.297. The molecule has 1 aliphatic rings. The summed E-state index contributed by atoms with van der Waals surface area (Å²) in [5.41, 5.74) is 1.80. The Morgan fingerprint density at radius 2 is 1.75 bits per heavy atom. The maximum absolute atomic E-state index is 13.0. The number of hydrogen-bond acceptors (Lipinski definition) is 6. The van der Waals surface area contributed by atoms with Crippen LogP contribution in [0.2, 0.25) is 0 Å². The molecule has 0 aliphatic carbocycles. The molecule has 1 aromatic heterocycles. The highest BCUT2D eigenvalue weighted by Gasteiger charge is 2.25. The van der Waals surface area contributed by atoms with Crippen LogP contribution < -0.4 is 4.74 Å². The summed E-state index contributed by atoms with van der Waals surface area (Å²) in [6, 6.07) is 15.3. The third-order valence-electron chi connectivity index (χ3n) is 5.08. The lowest BCUT2D eigenvalue weighted by Gasteiger charge is -2.32. The van der Waals surface area contributed by atoms with Gasteiger partial charge in [0.1, 0.15) is 23.2 Å². The lowest BCUT2D eigenvalue weighted by molar-refractivity contribution is 0.181. The first-order valence-electron chi connectivity index (χ1n) is 10.3. The van der Waals surface area contributed by atoms with E-state index in [9.17, 15) is 12.8 Å². The van der Waals surface area contributed by atoms with Crippen LogP contribution in [0.5, 0.6) is 5.75 Å². The van der Waals surface area contributed by atoms with Gasteiger partial charge in [-0.3, -0.25) is 4.90 Å². The van der Waals surface area contributed by atoms with Crippen molar-refractivity contribution in [1.29, 1.82) is 0 Å². The van der Waals surface area contributed by atoms with E-state index in [1.54, 1.807) is 18.2 Å². The number of thiazole rings is 1. The molecule has 168 valence electrons. The lowest BCUT2D eigenvalue weighted by Crippen LogP contribution is -2.47. The maximum Gasteiger partial charge on any atom is 0.236 e. The van der Waals surface area contributed by atoms with E-state index in [2.05, 4.69) is 9.88 Å². The summed E-state index contributed by atoms with van der Waals surface area (Å²) in [5, 5.41) is 4.12. The molecule has 2 aromatic carbocycles. The first-order valence-corrected chi connectivity index (χ1v) is 12.6. The lowest BCUT2D eigenvalue weighted by atomic mass is 10.2. The van der Waals surface area contributed by atoms with Crippen molar-refractivity contribution in [3.05, 3.63) is 87.5 Å². The van der Waals surface area contributed by atoms with Crippen LogP contribution in [0, 0.1) is 5.82 Å². The minimum atomic E-state index is -3.44. The summed E-state index contributed by atoms with van der Waals surface area (Å²) in [4.78, 5) is 6.80. The Balaban J connectivity index is 1.25. The van der Waals surface area contributed by atoms with E-state index >= 15 is 0 Å². The second-order valence-electron chi connectivity index (χ2n) is 7.41. The van der Waals surface area contributed by atoms with Gasteiger partial charge in [0.2, 0.25) is 10.0 Å². The van der Waals surface area contributed by atoms with Gasteiger partial charge in [0.05, 0.1) is 5.69 Å². The molecule has 0 saturated carbocycles. The van der Waals surface area contributed by atoms with Crippen molar-refractivity contribution < 1.29 is 17.5 Å². The molecular weight excluding hydrogens is 449 g/mol. The van der Waals surface area contributed by atoms with Crippen LogP contribution in [0.15, 0.2) is 65.4 Å². The van der Waals surface area contributed by atoms with Crippen molar-refractivity contribution in [3.63, 3.8) is 0 Å². The van der Waals surface area contributed by atoms with Crippen LogP contribution in [-0.4, -0.2) is 48.8 Å². The maximum atomic E-state index is 13.0. The normalized spacial score (nSPS) is 15.9. The van der Waals surface area contributed by atoms with Crippen molar-refractivity contribution in [2.24, 2.45) is 0 Å². The second-order valence-corrected chi connectivity index (χ2v) is 10.2. The Bertz CT molecular complexity index is 1140. The SMILES string of the molecule is O=S(=O)(C=Cc1ccccc1)N1CCN(Cc2csc(COc3ccc(F)cc3)n2)CC1. The highest BCUT2D eigenvalue weighted by molar-refractivity contribution is 7.92. The highest BCUT2D eigenvalue weighted by atomic mass is 32.2. The molecule has 0 N–H and O–H groups in total. The number of benzene rings is 2. The van der Waals surface area contributed by atoms with Crippen molar-refractivity contribution in [1.82, 2.24) is 14.2 Å². The molecule has 1 fully saturated rings. The molecule has 0 atom stereocenters. The third-order valence-corrected chi connectivity index (χ3v) is 7.52. The van der Waals surface area contributed by atoms with E-state index in [0.29, 0.717) is 45.1 Å². The Morgan fingerprint density at radius 1 is 1.03 bits per heavy atom. The van der Waals surface area contributed by atoms with Gasteiger partial charge >= 0.3 is 0 Å². The second kappa shape index (κ2) is 10.4. The Morgan fingerprint density at radius 3 is 2.47 bits per heavy atom. The van der Waals surface area contributed by atoms with E-state index < -0.39 is 10.0 Å². The van der Waals surface area contributed by atoms with E-state index in [4.69, 9.17) is 4.74 Å². The van der Waals surface area contributed by atoms with Gasteiger partial charge in [0, 0.05) is 43.5 Å². The zero-order chi connectivity index (χ0) is 22.4. The molecule has 0 bridgehead atoms. The topological polar surface area (TPSA) is 62.7 Å². The average Bonchev–Trinajstić information content (AvgIpc) is 3.26. The van der Waals surface area contributed by atoms with E-state index in [-0.39, 0.29) is 5.82 Å². The zero-order valence-corrected chi connectivity index (χ0v) is 19.1. The molecule has 6 nitrogen and oxygen atoms in total. The Hall–Kier alpha value is -2.59. The van der Waals surface area contributed by atoms with Gasteiger partial charge in [-0.25, -0.2) is 17.8 Å². The summed E-state index contributed by atoms with van der Waals surface area (Å²) in [5.74, 6) is 0.302. The number of ether oxygens (including phenoxy) is 1. The van der Waals surface area contributed by atoms with Gasteiger partial charge in [-0.2, -0.15) is 4.31 Å². The quantitative estimate of drug-likeness (QED) is 0.495. The largest absolute Gasteiger partial charge is 0.486 e. The van der Waals surface area contributed by atoms with Gasteiger partial charge in [-0.05, 0) is 35.9 Å².